The summed E-state index contributed by atoms with van der Waals surface area (Å²) in [6.45, 7) is 0. The van der Waals surface area contributed by atoms with Gasteiger partial charge >= 0.3 is 0 Å². The van der Waals surface area contributed by atoms with E-state index in [1.807, 2.05) is 12.1 Å². The second kappa shape index (κ2) is 3.44. The summed E-state index contributed by atoms with van der Waals surface area (Å²) in [6.07, 6.45) is 4.70. The molecule has 1 aromatic carbocycles. The van der Waals surface area contributed by atoms with Crippen LogP contribution in [0.3, 0.4) is 0 Å². The standard InChI is InChI=1S/C15H15NO2/c17-14-11-3-1-2-4-12(11)15(18)16(14)13-8-9-5-6-10(13)7-9/h1-4,9-10,13H,5-8H2/t9-,10-,13+/m1/s1. The van der Waals surface area contributed by atoms with Gasteiger partial charge in [0.15, 0.2) is 0 Å². The molecule has 1 aromatic rings. The van der Waals surface area contributed by atoms with Crippen molar-refractivity contribution in [3.8, 4) is 0 Å². The second-order valence-electron chi connectivity index (χ2n) is 5.77. The zero-order chi connectivity index (χ0) is 12.3. The molecule has 92 valence electrons. The highest BCUT2D eigenvalue weighted by Gasteiger charge is 2.49. The number of imide groups is 1. The topological polar surface area (TPSA) is 37.4 Å². The van der Waals surface area contributed by atoms with E-state index in [4.69, 9.17) is 0 Å². The number of amides is 2. The summed E-state index contributed by atoms with van der Waals surface area (Å²) >= 11 is 0. The minimum atomic E-state index is -0.0758. The molecule has 2 saturated carbocycles. The fraction of sp³-hybridized carbons (Fsp3) is 0.467. The third-order valence-electron chi connectivity index (χ3n) is 4.86. The first-order chi connectivity index (χ1) is 8.75. The molecule has 4 rings (SSSR count). The molecule has 3 atom stereocenters. The summed E-state index contributed by atoms with van der Waals surface area (Å²) < 4.78 is 0. The number of carbonyl (C=O) groups is 2. The maximum atomic E-state index is 12.4. The average molecular weight is 241 g/mol. The first-order valence-electron chi connectivity index (χ1n) is 6.72. The van der Waals surface area contributed by atoms with Crippen LogP contribution < -0.4 is 0 Å². The van der Waals surface area contributed by atoms with E-state index in [-0.39, 0.29) is 17.9 Å². The van der Waals surface area contributed by atoms with Crippen LogP contribution in [0, 0.1) is 11.8 Å². The molecule has 2 fully saturated rings. The van der Waals surface area contributed by atoms with E-state index in [1.54, 1.807) is 17.0 Å². The van der Waals surface area contributed by atoms with Crippen LogP contribution in [0.4, 0.5) is 0 Å². The summed E-state index contributed by atoms with van der Waals surface area (Å²) in [4.78, 5) is 26.3. The SMILES string of the molecule is O=C1c2ccccc2C(=O)N1[C@H]1C[C@@H]2CC[C@@H]1C2. The summed E-state index contributed by atoms with van der Waals surface area (Å²) in [5.41, 5.74) is 1.18. The Kier molecular flexibility index (Phi) is 1.97. The molecule has 1 heterocycles. The number of rotatable bonds is 1. The summed E-state index contributed by atoms with van der Waals surface area (Å²) in [6, 6.07) is 7.35. The van der Waals surface area contributed by atoms with Crippen molar-refractivity contribution in [3.05, 3.63) is 35.4 Å². The van der Waals surface area contributed by atoms with Crippen molar-refractivity contribution in [2.24, 2.45) is 11.8 Å². The fourth-order valence-electron chi connectivity index (χ4n) is 4.04. The van der Waals surface area contributed by atoms with Crippen molar-refractivity contribution in [2.75, 3.05) is 0 Å². The Morgan fingerprint density at radius 2 is 1.61 bits per heavy atom. The van der Waals surface area contributed by atoms with Gasteiger partial charge in [-0.05, 0) is 43.2 Å². The highest BCUT2D eigenvalue weighted by Crippen LogP contribution is 2.48. The predicted octanol–water partition coefficient (Wildman–Crippen LogP) is 2.47. The molecule has 1 aliphatic heterocycles. The van der Waals surface area contributed by atoms with E-state index in [0.29, 0.717) is 17.0 Å². The van der Waals surface area contributed by atoms with E-state index in [0.717, 1.165) is 12.3 Å². The van der Waals surface area contributed by atoms with Crippen LogP contribution in [-0.2, 0) is 0 Å². The van der Waals surface area contributed by atoms with Gasteiger partial charge in [-0.1, -0.05) is 18.6 Å². The lowest BCUT2D eigenvalue weighted by molar-refractivity contribution is 0.0530. The molecule has 0 N–H and O–H groups in total. The van der Waals surface area contributed by atoms with Crippen molar-refractivity contribution < 1.29 is 9.59 Å². The molecule has 2 aliphatic carbocycles. The minimum Gasteiger partial charge on any atom is -0.271 e. The molecular formula is C15H15NO2. The van der Waals surface area contributed by atoms with Gasteiger partial charge in [-0.2, -0.15) is 0 Å². The molecule has 0 saturated heterocycles. The summed E-state index contributed by atoms with van der Waals surface area (Å²) in [7, 11) is 0. The Bertz CT molecular complexity index is 516. The smallest absolute Gasteiger partial charge is 0.261 e. The highest BCUT2D eigenvalue weighted by molar-refractivity contribution is 6.21. The van der Waals surface area contributed by atoms with Crippen LogP contribution in [0.25, 0.3) is 0 Å². The van der Waals surface area contributed by atoms with Crippen molar-refractivity contribution in [2.45, 2.75) is 31.7 Å². The van der Waals surface area contributed by atoms with Crippen molar-refractivity contribution >= 4 is 11.8 Å². The molecule has 0 aromatic heterocycles. The number of nitrogens with zero attached hydrogens (tertiary/aromatic N) is 1. The molecule has 2 amide bonds. The van der Waals surface area contributed by atoms with E-state index in [1.165, 1.54) is 19.3 Å². The molecule has 3 nitrogen and oxygen atoms in total. The lowest BCUT2D eigenvalue weighted by Gasteiger charge is -2.29. The monoisotopic (exact) mass is 241 g/mol. The Balaban J connectivity index is 1.72. The molecule has 18 heavy (non-hydrogen) atoms. The van der Waals surface area contributed by atoms with Gasteiger partial charge in [0.05, 0.1) is 11.1 Å². The number of carbonyl (C=O) groups excluding carboxylic acids is 2. The molecule has 2 bridgehead atoms. The molecule has 0 unspecified atom stereocenters. The van der Waals surface area contributed by atoms with Gasteiger partial charge < -0.3 is 0 Å². The maximum Gasteiger partial charge on any atom is 0.261 e. The minimum absolute atomic E-state index is 0.0758. The van der Waals surface area contributed by atoms with Gasteiger partial charge in [0.1, 0.15) is 0 Å². The van der Waals surface area contributed by atoms with E-state index >= 15 is 0 Å². The molecule has 3 aliphatic rings. The Hall–Kier alpha value is -1.64. The van der Waals surface area contributed by atoms with E-state index in [2.05, 4.69) is 0 Å². The zero-order valence-corrected chi connectivity index (χ0v) is 10.1. The summed E-state index contributed by atoms with van der Waals surface area (Å²) in [5, 5.41) is 0. The number of hydrogen-bond acceptors (Lipinski definition) is 2. The highest BCUT2D eigenvalue weighted by atomic mass is 16.2. The van der Waals surface area contributed by atoms with Gasteiger partial charge in [-0.3, -0.25) is 14.5 Å². The maximum absolute atomic E-state index is 12.4. The zero-order valence-electron chi connectivity index (χ0n) is 10.1. The van der Waals surface area contributed by atoms with Crippen LogP contribution in [0.2, 0.25) is 0 Å². The van der Waals surface area contributed by atoms with Crippen LogP contribution in [-0.4, -0.2) is 22.8 Å². The lowest BCUT2D eigenvalue weighted by atomic mass is 9.94. The van der Waals surface area contributed by atoms with E-state index < -0.39 is 0 Å². The number of fused-ring (bicyclic) bond motifs is 3. The van der Waals surface area contributed by atoms with Crippen molar-refractivity contribution in [1.29, 1.82) is 0 Å². The third kappa shape index (κ3) is 1.19. The Morgan fingerprint density at radius 3 is 2.11 bits per heavy atom. The third-order valence-corrected chi connectivity index (χ3v) is 4.86. The first kappa shape index (κ1) is 10.3. The van der Waals surface area contributed by atoms with Crippen LogP contribution in [0.15, 0.2) is 24.3 Å². The lowest BCUT2D eigenvalue weighted by Crippen LogP contribution is -2.42. The van der Waals surface area contributed by atoms with Crippen LogP contribution in [0.1, 0.15) is 46.4 Å². The molecule has 0 radical (unpaired) electrons. The van der Waals surface area contributed by atoms with Gasteiger partial charge in [-0.25, -0.2) is 0 Å². The van der Waals surface area contributed by atoms with Crippen LogP contribution >= 0.6 is 0 Å². The van der Waals surface area contributed by atoms with Crippen molar-refractivity contribution in [1.82, 2.24) is 4.90 Å². The normalized spacial score (nSPS) is 33.3. The second-order valence-corrected chi connectivity index (χ2v) is 5.77. The van der Waals surface area contributed by atoms with Gasteiger partial charge in [0, 0.05) is 6.04 Å². The van der Waals surface area contributed by atoms with Gasteiger partial charge in [0.25, 0.3) is 11.8 Å². The Labute approximate surface area is 106 Å². The first-order valence-corrected chi connectivity index (χ1v) is 6.72. The quantitative estimate of drug-likeness (QED) is 0.708. The van der Waals surface area contributed by atoms with Gasteiger partial charge in [0.2, 0.25) is 0 Å². The van der Waals surface area contributed by atoms with E-state index in [9.17, 15) is 9.59 Å². The van der Waals surface area contributed by atoms with Gasteiger partial charge in [-0.15, -0.1) is 0 Å². The molecule has 3 heteroatoms. The molecular weight excluding hydrogens is 226 g/mol. The fourth-order valence-corrected chi connectivity index (χ4v) is 4.04. The van der Waals surface area contributed by atoms with Crippen LogP contribution in [0.5, 0.6) is 0 Å². The number of benzene rings is 1. The average Bonchev–Trinajstić information content (AvgIpc) is 3.06. The Morgan fingerprint density at radius 1 is 0.944 bits per heavy atom. The van der Waals surface area contributed by atoms with Crippen molar-refractivity contribution in [3.63, 3.8) is 0 Å². The molecule has 0 spiro atoms. The predicted molar refractivity (Wildman–Crippen MR) is 66.2 cm³/mol. The largest absolute Gasteiger partial charge is 0.271 e. The number of hydrogen-bond donors (Lipinski definition) is 0. The summed E-state index contributed by atoms with van der Waals surface area (Å²) in [5.74, 6) is 1.14.